The van der Waals surface area contributed by atoms with Crippen LogP contribution >= 0.6 is 0 Å². The van der Waals surface area contributed by atoms with Gasteiger partial charge in [-0.2, -0.15) is 0 Å². The van der Waals surface area contributed by atoms with E-state index >= 15 is 0 Å². The number of para-hydroxylation sites is 2. The van der Waals surface area contributed by atoms with E-state index in [1.165, 1.54) is 44.9 Å². The summed E-state index contributed by atoms with van der Waals surface area (Å²) < 4.78 is 0. The van der Waals surface area contributed by atoms with Crippen molar-refractivity contribution in [2.45, 2.75) is 70.4 Å². The van der Waals surface area contributed by atoms with Crippen LogP contribution in [0.5, 0.6) is 0 Å². The third kappa shape index (κ3) is 4.34. The normalized spacial score (nSPS) is 23.7. The summed E-state index contributed by atoms with van der Waals surface area (Å²) >= 11 is 0. The lowest BCUT2D eigenvalue weighted by Crippen LogP contribution is -2.46. The molecular weight excluding hydrogens is 338 g/mol. The molecule has 0 saturated heterocycles. The number of carbonyl (C=O) groups is 2. The van der Waals surface area contributed by atoms with Crippen LogP contribution in [0.4, 0.5) is 11.4 Å². The van der Waals surface area contributed by atoms with Crippen molar-refractivity contribution in [2.24, 2.45) is 5.92 Å². The van der Waals surface area contributed by atoms with Crippen LogP contribution in [0.15, 0.2) is 24.3 Å². The standard InChI is InChI=1S/C22H31N3O2/c1-16-13-21(26)23-19-9-5-6-10-20(19)25(16)22(27)15-24(18-11-12-18)14-17-7-3-2-4-8-17/h5-6,9-10,16-18H,2-4,7-8,11-15H2,1H3,(H,23,26). The van der Waals surface area contributed by atoms with Gasteiger partial charge in [0.05, 0.1) is 17.9 Å². The zero-order valence-corrected chi connectivity index (χ0v) is 16.3. The molecule has 0 aromatic heterocycles. The summed E-state index contributed by atoms with van der Waals surface area (Å²) in [6, 6.07) is 8.11. The van der Waals surface area contributed by atoms with E-state index in [1.807, 2.05) is 36.1 Å². The number of nitrogens with zero attached hydrogens (tertiary/aromatic N) is 2. The Hall–Kier alpha value is -1.88. The van der Waals surface area contributed by atoms with Crippen LogP contribution in [0, 0.1) is 5.92 Å². The van der Waals surface area contributed by atoms with Gasteiger partial charge < -0.3 is 10.2 Å². The highest BCUT2D eigenvalue weighted by Gasteiger charge is 2.35. The fraction of sp³-hybridized carbons (Fsp3) is 0.636. The van der Waals surface area contributed by atoms with Crippen LogP contribution in [0.1, 0.15) is 58.3 Å². The highest BCUT2D eigenvalue weighted by atomic mass is 16.2. The Bertz CT molecular complexity index is 695. The zero-order valence-electron chi connectivity index (χ0n) is 16.3. The monoisotopic (exact) mass is 369 g/mol. The van der Waals surface area contributed by atoms with Crippen molar-refractivity contribution >= 4 is 23.2 Å². The van der Waals surface area contributed by atoms with Crippen LogP contribution in [0.25, 0.3) is 0 Å². The van der Waals surface area contributed by atoms with Crippen molar-refractivity contribution in [2.75, 3.05) is 23.3 Å². The quantitative estimate of drug-likeness (QED) is 0.859. The summed E-state index contributed by atoms with van der Waals surface area (Å²) in [6.45, 7) is 3.49. The topological polar surface area (TPSA) is 52.7 Å². The lowest BCUT2D eigenvalue weighted by Gasteiger charge is -2.33. The van der Waals surface area contributed by atoms with Gasteiger partial charge in [0.25, 0.3) is 0 Å². The average molecular weight is 370 g/mol. The van der Waals surface area contributed by atoms with Gasteiger partial charge in [-0.25, -0.2) is 0 Å². The van der Waals surface area contributed by atoms with Crippen LogP contribution in [0.2, 0.25) is 0 Å². The molecule has 1 N–H and O–H groups in total. The number of benzene rings is 1. The molecule has 1 unspecified atom stereocenters. The van der Waals surface area contributed by atoms with Gasteiger partial charge in [-0.05, 0) is 50.7 Å². The average Bonchev–Trinajstić information content (AvgIpc) is 3.49. The minimum absolute atomic E-state index is 0.0218. The highest BCUT2D eigenvalue weighted by Crippen LogP contribution is 2.34. The van der Waals surface area contributed by atoms with E-state index < -0.39 is 0 Å². The molecule has 2 amide bonds. The molecule has 1 heterocycles. The molecule has 5 heteroatoms. The number of nitrogens with one attached hydrogen (secondary N) is 1. The SMILES string of the molecule is CC1CC(=O)Nc2ccccc2N1C(=O)CN(CC1CCCCC1)C1CC1. The molecule has 2 aliphatic carbocycles. The van der Waals surface area contributed by atoms with E-state index in [-0.39, 0.29) is 17.9 Å². The molecule has 1 aromatic rings. The fourth-order valence-electron chi connectivity index (χ4n) is 4.70. The van der Waals surface area contributed by atoms with E-state index in [2.05, 4.69) is 10.2 Å². The summed E-state index contributed by atoms with van der Waals surface area (Å²) in [6.07, 6.45) is 9.41. The van der Waals surface area contributed by atoms with Crippen LogP contribution in [-0.4, -0.2) is 41.9 Å². The van der Waals surface area contributed by atoms with Gasteiger partial charge in [0.1, 0.15) is 0 Å². The molecule has 5 nitrogen and oxygen atoms in total. The fourth-order valence-corrected chi connectivity index (χ4v) is 4.70. The number of hydrogen-bond acceptors (Lipinski definition) is 3. The molecule has 1 aromatic carbocycles. The van der Waals surface area contributed by atoms with Crippen molar-refractivity contribution in [3.8, 4) is 0 Å². The predicted molar refractivity (Wildman–Crippen MR) is 108 cm³/mol. The molecule has 0 radical (unpaired) electrons. The molecule has 1 aliphatic heterocycles. The second-order valence-electron chi connectivity index (χ2n) is 8.55. The summed E-state index contributed by atoms with van der Waals surface area (Å²) in [5, 5.41) is 2.95. The molecule has 4 rings (SSSR count). The predicted octanol–water partition coefficient (Wildman–Crippen LogP) is 3.80. The Kier molecular flexibility index (Phi) is 5.48. The van der Waals surface area contributed by atoms with E-state index in [0.29, 0.717) is 19.0 Å². The van der Waals surface area contributed by atoms with Crippen molar-refractivity contribution in [3.05, 3.63) is 24.3 Å². The van der Waals surface area contributed by atoms with Crippen LogP contribution in [-0.2, 0) is 9.59 Å². The lowest BCUT2D eigenvalue weighted by atomic mass is 9.89. The van der Waals surface area contributed by atoms with Gasteiger partial charge in [-0.3, -0.25) is 14.5 Å². The summed E-state index contributed by atoms with van der Waals surface area (Å²) in [7, 11) is 0. The van der Waals surface area contributed by atoms with E-state index in [0.717, 1.165) is 23.8 Å². The molecule has 2 fully saturated rings. The Labute approximate surface area is 162 Å². The Morgan fingerprint density at radius 1 is 1.15 bits per heavy atom. The van der Waals surface area contributed by atoms with Gasteiger partial charge in [0.2, 0.25) is 11.8 Å². The molecule has 146 valence electrons. The first-order chi connectivity index (χ1) is 13.1. The second kappa shape index (κ2) is 8.01. The summed E-state index contributed by atoms with van der Waals surface area (Å²) in [5.74, 6) is 0.838. The maximum atomic E-state index is 13.4. The minimum atomic E-state index is -0.128. The zero-order chi connectivity index (χ0) is 18.8. The first kappa shape index (κ1) is 18.5. The third-order valence-electron chi connectivity index (χ3n) is 6.25. The maximum Gasteiger partial charge on any atom is 0.241 e. The van der Waals surface area contributed by atoms with Crippen molar-refractivity contribution in [3.63, 3.8) is 0 Å². The summed E-state index contributed by atoms with van der Waals surface area (Å²) in [4.78, 5) is 29.8. The highest BCUT2D eigenvalue weighted by molar-refractivity contribution is 6.04. The van der Waals surface area contributed by atoms with Gasteiger partial charge >= 0.3 is 0 Å². The molecule has 27 heavy (non-hydrogen) atoms. The van der Waals surface area contributed by atoms with Crippen LogP contribution in [0.3, 0.4) is 0 Å². The first-order valence-corrected chi connectivity index (χ1v) is 10.6. The number of hydrogen-bond donors (Lipinski definition) is 1. The Morgan fingerprint density at radius 2 is 1.89 bits per heavy atom. The number of fused-ring (bicyclic) bond motifs is 1. The van der Waals surface area contributed by atoms with Crippen molar-refractivity contribution < 1.29 is 9.59 Å². The largest absolute Gasteiger partial charge is 0.324 e. The van der Waals surface area contributed by atoms with E-state index in [9.17, 15) is 9.59 Å². The van der Waals surface area contributed by atoms with Gasteiger partial charge in [0, 0.05) is 25.0 Å². The number of rotatable bonds is 5. The van der Waals surface area contributed by atoms with E-state index in [1.54, 1.807) is 0 Å². The second-order valence-corrected chi connectivity index (χ2v) is 8.55. The molecule has 1 atom stereocenters. The van der Waals surface area contributed by atoms with E-state index in [4.69, 9.17) is 0 Å². The maximum absolute atomic E-state index is 13.4. The minimum Gasteiger partial charge on any atom is -0.324 e. The van der Waals surface area contributed by atoms with Crippen LogP contribution < -0.4 is 10.2 Å². The molecule has 0 spiro atoms. The number of carbonyl (C=O) groups excluding carboxylic acids is 2. The molecule has 3 aliphatic rings. The third-order valence-corrected chi connectivity index (χ3v) is 6.25. The van der Waals surface area contributed by atoms with Gasteiger partial charge in [-0.1, -0.05) is 31.4 Å². The van der Waals surface area contributed by atoms with Crippen molar-refractivity contribution in [1.29, 1.82) is 0 Å². The van der Waals surface area contributed by atoms with Gasteiger partial charge in [0.15, 0.2) is 0 Å². The Balaban J connectivity index is 1.50. The number of anilines is 2. The Morgan fingerprint density at radius 3 is 2.63 bits per heavy atom. The van der Waals surface area contributed by atoms with Crippen molar-refractivity contribution in [1.82, 2.24) is 4.90 Å². The molecular formula is C22H31N3O2. The first-order valence-electron chi connectivity index (χ1n) is 10.6. The summed E-state index contributed by atoms with van der Waals surface area (Å²) in [5.41, 5.74) is 1.57. The lowest BCUT2D eigenvalue weighted by molar-refractivity contribution is -0.120. The molecule has 2 saturated carbocycles. The molecule has 0 bridgehead atoms. The number of amides is 2. The van der Waals surface area contributed by atoms with Gasteiger partial charge in [-0.15, -0.1) is 0 Å². The smallest absolute Gasteiger partial charge is 0.241 e.